The largest absolute Gasteiger partial charge is 0.369 e. The maximum Gasteiger partial charge on any atom is 0.249 e. The van der Waals surface area contributed by atoms with Crippen molar-refractivity contribution in [3.63, 3.8) is 0 Å². The van der Waals surface area contributed by atoms with Gasteiger partial charge < -0.3 is 10.6 Å². The van der Waals surface area contributed by atoms with Gasteiger partial charge in [0.25, 0.3) is 0 Å². The van der Waals surface area contributed by atoms with E-state index in [0.29, 0.717) is 12.6 Å². The topological polar surface area (TPSA) is 63.4 Å². The Labute approximate surface area is 127 Å². The van der Waals surface area contributed by atoms with Crippen molar-refractivity contribution < 1.29 is 9.59 Å². The fraction of sp³-hybridized carbons (Fsp3) is 0.765. The summed E-state index contributed by atoms with van der Waals surface area (Å²) in [4.78, 5) is 26.4. The fourth-order valence-electron chi connectivity index (χ4n) is 3.81. The van der Waals surface area contributed by atoms with Crippen LogP contribution in [0, 0.1) is 5.92 Å². The number of nitrogens with zero attached hydrogens (tertiary/aromatic N) is 1. The number of carbonyl (C=O) groups is 2. The molecule has 4 heteroatoms. The SMILES string of the molecule is CCCC1=C(CC)C(=O)N2CC(C(N)=O)CCC2CCC1. The highest BCUT2D eigenvalue weighted by Crippen LogP contribution is 2.32. The Bertz CT molecular complexity index is 442. The zero-order chi connectivity index (χ0) is 15.4. The van der Waals surface area contributed by atoms with E-state index in [1.54, 1.807) is 0 Å². The molecule has 0 aliphatic carbocycles. The second-order valence-corrected chi connectivity index (χ2v) is 6.37. The minimum atomic E-state index is -0.265. The Hall–Kier alpha value is -1.32. The van der Waals surface area contributed by atoms with Crippen LogP contribution in [0.5, 0.6) is 0 Å². The lowest BCUT2D eigenvalue weighted by atomic mass is 9.85. The third-order valence-corrected chi connectivity index (χ3v) is 4.98. The van der Waals surface area contributed by atoms with Crippen LogP contribution in [0.3, 0.4) is 0 Å². The first-order chi connectivity index (χ1) is 10.1. The molecule has 0 spiro atoms. The molecule has 2 N–H and O–H groups in total. The van der Waals surface area contributed by atoms with Gasteiger partial charge in [-0.2, -0.15) is 0 Å². The van der Waals surface area contributed by atoms with Crippen LogP contribution in [0.4, 0.5) is 0 Å². The Balaban J connectivity index is 2.27. The first kappa shape index (κ1) is 16.1. The first-order valence-corrected chi connectivity index (χ1v) is 8.39. The van der Waals surface area contributed by atoms with Gasteiger partial charge in [0.1, 0.15) is 0 Å². The van der Waals surface area contributed by atoms with E-state index in [9.17, 15) is 9.59 Å². The van der Waals surface area contributed by atoms with Gasteiger partial charge in [0.05, 0.1) is 5.92 Å². The lowest BCUT2D eigenvalue weighted by Gasteiger charge is -2.41. The quantitative estimate of drug-likeness (QED) is 0.866. The summed E-state index contributed by atoms with van der Waals surface area (Å²) in [6, 6.07) is 0.304. The smallest absolute Gasteiger partial charge is 0.249 e. The van der Waals surface area contributed by atoms with Crippen molar-refractivity contribution in [2.45, 2.75) is 71.3 Å². The summed E-state index contributed by atoms with van der Waals surface area (Å²) >= 11 is 0. The molecule has 0 saturated carbocycles. The first-order valence-electron chi connectivity index (χ1n) is 8.39. The number of hydrogen-bond acceptors (Lipinski definition) is 2. The number of piperidine rings is 1. The number of hydrogen-bond donors (Lipinski definition) is 1. The third-order valence-electron chi connectivity index (χ3n) is 4.98. The van der Waals surface area contributed by atoms with Gasteiger partial charge in [0.2, 0.25) is 11.8 Å². The van der Waals surface area contributed by atoms with Crippen LogP contribution >= 0.6 is 0 Å². The van der Waals surface area contributed by atoms with Crippen LogP contribution in [0.1, 0.15) is 65.2 Å². The van der Waals surface area contributed by atoms with Gasteiger partial charge in [-0.05, 0) is 44.9 Å². The Morgan fingerprint density at radius 2 is 2.05 bits per heavy atom. The van der Waals surface area contributed by atoms with E-state index in [0.717, 1.165) is 56.9 Å². The number of primary amides is 1. The van der Waals surface area contributed by atoms with Gasteiger partial charge >= 0.3 is 0 Å². The molecule has 2 heterocycles. The lowest BCUT2D eigenvalue weighted by molar-refractivity contribution is -0.135. The fourth-order valence-corrected chi connectivity index (χ4v) is 3.81. The minimum absolute atomic E-state index is 0.164. The molecule has 0 radical (unpaired) electrons. The van der Waals surface area contributed by atoms with Crippen LogP contribution < -0.4 is 5.73 Å². The van der Waals surface area contributed by atoms with E-state index in [1.165, 1.54) is 5.57 Å². The van der Waals surface area contributed by atoms with Gasteiger partial charge in [0, 0.05) is 18.2 Å². The van der Waals surface area contributed by atoms with E-state index in [1.807, 2.05) is 4.90 Å². The lowest BCUT2D eigenvalue weighted by Crippen LogP contribution is -2.50. The van der Waals surface area contributed by atoms with Crippen molar-refractivity contribution in [3.05, 3.63) is 11.1 Å². The monoisotopic (exact) mass is 292 g/mol. The summed E-state index contributed by atoms with van der Waals surface area (Å²) in [5.41, 5.74) is 7.79. The zero-order valence-electron chi connectivity index (χ0n) is 13.4. The van der Waals surface area contributed by atoms with Gasteiger partial charge in [-0.25, -0.2) is 0 Å². The summed E-state index contributed by atoms with van der Waals surface area (Å²) in [6.45, 7) is 4.74. The Kier molecular flexibility index (Phi) is 5.43. The summed E-state index contributed by atoms with van der Waals surface area (Å²) < 4.78 is 0. The van der Waals surface area contributed by atoms with Crippen molar-refractivity contribution in [2.24, 2.45) is 11.7 Å². The molecule has 2 atom stereocenters. The molecule has 1 saturated heterocycles. The second-order valence-electron chi connectivity index (χ2n) is 6.37. The van der Waals surface area contributed by atoms with Crippen LogP contribution in [-0.2, 0) is 9.59 Å². The van der Waals surface area contributed by atoms with E-state index in [-0.39, 0.29) is 17.7 Å². The van der Waals surface area contributed by atoms with Crippen LogP contribution in [-0.4, -0.2) is 29.3 Å². The predicted octanol–water partition coefficient (Wildman–Crippen LogP) is 2.77. The minimum Gasteiger partial charge on any atom is -0.369 e. The van der Waals surface area contributed by atoms with Crippen molar-refractivity contribution >= 4 is 11.8 Å². The number of carbonyl (C=O) groups excluding carboxylic acids is 2. The van der Waals surface area contributed by atoms with Crippen molar-refractivity contribution in [1.82, 2.24) is 4.90 Å². The highest BCUT2D eigenvalue weighted by Gasteiger charge is 2.35. The molecular weight excluding hydrogens is 264 g/mol. The van der Waals surface area contributed by atoms with E-state index < -0.39 is 0 Å². The molecule has 2 amide bonds. The molecule has 2 unspecified atom stereocenters. The van der Waals surface area contributed by atoms with Gasteiger partial charge in [0.15, 0.2) is 0 Å². The summed E-state index contributed by atoms with van der Waals surface area (Å²) in [5, 5.41) is 0. The van der Waals surface area contributed by atoms with Crippen LogP contribution in [0.25, 0.3) is 0 Å². The molecular formula is C17H28N2O2. The molecule has 0 aromatic rings. The van der Waals surface area contributed by atoms with E-state index in [2.05, 4.69) is 13.8 Å². The molecule has 2 aliphatic heterocycles. The molecule has 118 valence electrons. The van der Waals surface area contributed by atoms with Crippen LogP contribution in [0.2, 0.25) is 0 Å². The Morgan fingerprint density at radius 1 is 1.29 bits per heavy atom. The van der Waals surface area contributed by atoms with Gasteiger partial charge in [-0.3, -0.25) is 9.59 Å². The molecule has 0 bridgehead atoms. The summed E-state index contributed by atoms with van der Waals surface area (Å²) in [6.07, 6.45) is 7.91. The van der Waals surface area contributed by atoms with E-state index >= 15 is 0 Å². The number of amides is 2. The average Bonchev–Trinajstić information content (AvgIpc) is 2.46. The maximum atomic E-state index is 12.9. The Morgan fingerprint density at radius 3 is 2.67 bits per heavy atom. The summed E-state index contributed by atoms with van der Waals surface area (Å²) in [5.74, 6) is -0.270. The average molecular weight is 292 g/mol. The van der Waals surface area contributed by atoms with Gasteiger partial charge in [-0.1, -0.05) is 25.8 Å². The number of rotatable bonds is 4. The third kappa shape index (κ3) is 3.47. The van der Waals surface area contributed by atoms with Crippen molar-refractivity contribution in [2.75, 3.05) is 6.54 Å². The normalized spacial score (nSPS) is 27.1. The predicted molar refractivity (Wildman–Crippen MR) is 83.5 cm³/mol. The number of fused-ring (bicyclic) bond motifs is 1. The molecule has 1 fully saturated rings. The molecule has 0 aromatic carbocycles. The van der Waals surface area contributed by atoms with Crippen LogP contribution in [0.15, 0.2) is 11.1 Å². The molecule has 4 nitrogen and oxygen atoms in total. The number of nitrogens with two attached hydrogens (primary N) is 1. The van der Waals surface area contributed by atoms with Crippen molar-refractivity contribution in [1.29, 1.82) is 0 Å². The maximum absolute atomic E-state index is 12.9. The molecule has 2 rings (SSSR count). The molecule has 21 heavy (non-hydrogen) atoms. The highest BCUT2D eigenvalue weighted by molar-refractivity contribution is 5.95. The zero-order valence-corrected chi connectivity index (χ0v) is 13.4. The summed E-state index contributed by atoms with van der Waals surface area (Å²) in [7, 11) is 0. The standard InChI is InChI=1S/C17H28N2O2/c1-3-6-12-7-5-8-14-10-9-13(16(18)20)11-19(14)17(21)15(12)4-2/h13-14H,3-11H2,1-2H3,(H2,18,20). The molecule has 2 aliphatic rings. The van der Waals surface area contributed by atoms with E-state index in [4.69, 9.17) is 5.73 Å². The van der Waals surface area contributed by atoms with Crippen molar-refractivity contribution in [3.8, 4) is 0 Å². The second kappa shape index (κ2) is 7.10. The van der Waals surface area contributed by atoms with Gasteiger partial charge in [-0.15, -0.1) is 0 Å². The highest BCUT2D eigenvalue weighted by atomic mass is 16.2. The number of allylic oxidation sites excluding steroid dienone is 1. The molecule has 0 aromatic heterocycles.